The standard InChI is InChI=1S/C18H16N4O2/c23-18(15-8-4-5-10-19-15)22-11-9-14(12-22)16-20-17(24-21-16)13-6-2-1-3-7-13/h1-8,10,14H,9,11-12H2/t14-/m0/s1. The van der Waals surface area contributed by atoms with Crippen LogP contribution in [0.25, 0.3) is 11.5 Å². The van der Waals surface area contributed by atoms with Gasteiger partial charge in [-0.05, 0) is 30.7 Å². The third-order valence-corrected chi connectivity index (χ3v) is 4.19. The molecule has 1 atom stereocenters. The molecule has 6 heteroatoms. The Hall–Kier alpha value is -3.02. The Morgan fingerprint density at radius 1 is 1.12 bits per heavy atom. The predicted octanol–water partition coefficient (Wildman–Crippen LogP) is 2.76. The third-order valence-electron chi connectivity index (χ3n) is 4.19. The van der Waals surface area contributed by atoms with Crippen molar-refractivity contribution in [1.29, 1.82) is 0 Å². The number of carbonyl (C=O) groups excluding carboxylic acids is 1. The van der Waals surface area contributed by atoms with Crippen molar-refractivity contribution in [3.63, 3.8) is 0 Å². The lowest BCUT2D eigenvalue weighted by molar-refractivity contribution is 0.0784. The van der Waals surface area contributed by atoms with Crippen molar-refractivity contribution in [2.45, 2.75) is 12.3 Å². The van der Waals surface area contributed by atoms with Gasteiger partial charge in [-0.1, -0.05) is 29.4 Å². The molecule has 24 heavy (non-hydrogen) atoms. The maximum Gasteiger partial charge on any atom is 0.272 e. The molecule has 0 spiro atoms. The van der Waals surface area contributed by atoms with E-state index >= 15 is 0 Å². The van der Waals surface area contributed by atoms with Crippen LogP contribution in [0.5, 0.6) is 0 Å². The molecule has 2 aromatic heterocycles. The van der Waals surface area contributed by atoms with E-state index in [1.165, 1.54) is 0 Å². The fraction of sp³-hybridized carbons (Fsp3) is 0.222. The fourth-order valence-corrected chi connectivity index (χ4v) is 2.91. The number of pyridine rings is 1. The van der Waals surface area contributed by atoms with E-state index in [4.69, 9.17) is 4.52 Å². The smallest absolute Gasteiger partial charge is 0.272 e. The highest BCUT2D eigenvalue weighted by molar-refractivity contribution is 5.92. The monoisotopic (exact) mass is 320 g/mol. The number of benzene rings is 1. The van der Waals surface area contributed by atoms with Crippen LogP contribution in [0.1, 0.15) is 28.7 Å². The first-order valence-electron chi connectivity index (χ1n) is 7.90. The number of likely N-dealkylation sites (tertiary alicyclic amines) is 1. The zero-order chi connectivity index (χ0) is 16.4. The number of aromatic nitrogens is 3. The van der Waals surface area contributed by atoms with Gasteiger partial charge in [0.1, 0.15) is 5.69 Å². The molecular weight excluding hydrogens is 304 g/mol. The summed E-state index contributed by atoms with van der Waals surface area (Å²) in [6.45, 7) is 1.26. The van der Waals surface area contributed by atoms with Crippen LogP contribution in [-0.2, 0) is 0 Å². The van der Waals surface area contributed by atoms with Gasteiger partial charge in [-0.2, -0.15) is 4.98 Å². The Morgan fingerprint density at radius 3 is 2.75 bits per heavy atom. The molecule has 6 nitrogen and oxygen atoms in total. The van der Waals surface area contributed by atoms with Crippen LogP contribution in [0.3, 0.4) is 0 Å². The summed E-state index contributed by atoms with van der Waals surface area (Å²) >= 11 is 0. The molecule has 1 aliphatic rings. The van der Waals surface area contributed by atoms with Crippen LogP contribution in [-0.4, -0.2) is 39.0 Å². The van der Waals surface area contributed by atoms with Crippen molar-refractivity contribution >= 4 is 5.91 Å². The molecule has 1 saturated heterocycles. The summed E-state index contributed by atoms with van der Waals surface area (Å²) in [4.78, 5) is 22.9. The third kappa shape index (κ3) is 2.78. The molecule has 1 fully saturated rings. The highest BCUT2D eigenvalue weighted by Crippen LogP contribution is 2.28. The molecule has 1 aliphatic heterocycles. The quantitative estimate of drug-likeness (QED) is 0.742. The van der Waals surface area contributed by atoms with E-state index in [2.05, 4.69) is 15.1 Å². The average molecular weight is 320 g/mol. The summed E-state index contributed by atoms with van der Waals surface area (Å²) in [6, 6.07) is 15.0. The summed E-state index contributed by atoms with van der Waals surface area (Å²) in [6.07, 6.45) is 2.46. The highest BCUT2D eigenvalue weighted by atomic mass is 16.5. The second-order valence-electron chi connectivity index (χ2n) is 5.78. The van der Waals surface area contributed by atoms with Crippen molar-refractivity contribution in [2.75, 3.05) is 13.1 Å². The lowest BCUT2D eigenvalue weighted by Crippen LogP contribution is -2.29. The number of hydrogen-bond acceptors (Lipinski definition) is 5. The van der Waals surface area contributed by atoms with Crippen LogP contribution in [0.4, 0.5) is 0 Å². The average Bonchev–Trinajstić information content (AvgIpc) is 3.32. The van der Waals surface area contributed by atoms with Crippen LogP contribution >= 0.6 is 0 Å². The van der Waals surface area contributed by atoms with Gasteiger partial charge in [0.15, 0.2) is 5.82 Å². The lowest BCUT2D eigenvalue weighted by Gasteiger charge is -2.14. The predicted molar refractivity (Wildman–Crippen MR) is 87.2 cm³/mol. The Morgan fingerprint density at radius 2 is 1.96 bits per heavy atom. The number of rotatable bonds is 3. The van der Waals surface area contributed by atoms with Gasteiger partial charge >= 0.3 is 0 Å². The van der Waals surface area contributed by atoms with E-state index < -0.39 is 0 Å². The molecule has 0 saturated carbocycles. The molecule has 1 aromatic carbocycles. The summed E-state index contributed by atoms with van der Waals surface area (Å²) in [5.74, 6) is 1.22. The normalized spacial score (nSPS) is 17.2. The summed E-state index contributed by atoms with van der Waals surface area (Å²) < 4.78 is 5.37. The number of carbonyl (C=O) groups is 1. The number of hydrogen-bond donors (Lipinski definition) is 0. The van der Waals surface area contributed by atoms with Crippen molar-refractivity contribution in [2.24, 2.45) is 0 Å². The molecule has 3 aromatic rings. The first-order valence-corrected chi connectivity index (χ1v) is 7.90. The van der Waals surface area contributed by atoms with Gasteiger partial charge in [-0.25, -0.2) is 0 Å². The van der Waals surface area contributed by atoms with Crippen LogP contribution in [0, 0.1) is 0 Å². The highest BCUT2D eigenvalue weighted by Gasteiger charge is 2.31. The van der Waals surface area contributed by atoms with Crippen LogP contribution < -0.4 is 0 Å². The Labute approximate surface area is 139 Å². The van der Waals surface area contributed by atoms with Gasteiger partial charge in [0, 0.05) is 30.8 Å². The van der Waals surface area contributed by atoms with Crippen molar-refractivity contribution < 1.29 is 9.32 Å². The SMILES string of the molecule is O=C(c1ccccn1)N1CC[C@H](c2noc(-c3ccccc3)n2)C1. The van der Waals surface area contributed by atoms with E-state index in [9.17, 15) is 4.79 Å². The molecule has 4 rings (SSSR count). The largest absolute Gasteiger partial charge is 0.337 e. The van der Waals surface area contributed by atoms with E-state index in [-0.39, 0.29) is 11.8 Å². The van der Waals surface area contributed by atoms with Gasteiger partial charge < -0.3 is 9.42 Å². The number of nitrogens with zero attached hydrogens (tertiary/aromatic N) is 4. The molecule has 3 heterocycles. The lowest BCUT2D eigenvalue weighted by atomic mass is 10.1. The van der Waals surface area contributed by atoms with Crippen LogP contribution in [0.2, 0.25) is 0 Å². The molecule has 1 amide bonds. The van der Waals surface area contributed by atoms with Gasteiger partial charge in [0.25, 0.3) is 11.8 Å². The fourth-order valence-electron chi connectivity index (χ4n) is 2.91. The minimum atomic E-state index is -0.0510. The first kappa shape index (κ1) is 14.6. The minimum Gasteiger partial charge on any atom is -0.337 e. The second-order valence-corrected chi connectivity index (χ2v) is 5.78. The van der Waals surface area contributed by atoms with Crippen molar-refractivity contribution in [1.82, 2.24) is 20.0 Å². The molecule has 0 aliphatic carbocycles. The maximum absolute atomic E-state index is 12.4. The second kappa shape index (κ2) is 6.23. The molecule has 0 N–H and O–H groups in total. The van der Waals surface area contributed by atoms with E-state index in [1.807, 2.05) is 36.4 Å². The zero-order valence-electron chi connectivity index (χ0n) is 13.0. The Kier molecular flexibility index (Phi) is 3.78. The summed E-state index contributed by atoms with van der Waals surface area (Å²) in [5, 5.41) is 4.10. The molecule has 0 unspecified atom stereocenters. The van der Waals surface area contributed by atoms with Crippen LogP contribution in [0.15, 0.2) is 59.3 Å². The summed E-state index contributed by atoms with van der Waals surface area (Å²) in [7, 11) is 0. The van der Waals surface area contributed by atoms with Crippen molar-refractivity contribution in [3.8, 4) is 11.5 Å². The Bertz CT molecular complexity index is 832. The van der Waals surface area contributed by atoms with E-state index in [0.29, 0.717) is 30.5 Å². The molecule has 0 bridgehead atoms. The minimum absolute atomic E-state index is 0.0510. The summed E-state index contributed by atoms with van der Waals surface area (Å²) in [5.41, 5.74) is 1.37. The molecule has 0 radical (unpaired) electrons. The molecule has 120 valence electrons. The number of amides is 1. The van der Waals surface area contributed by atoms with Gasteiger partial charge in [0.05, 0.1) is 0 Å². The van der Waals surface area contributed by atoms with Gasteiger partial charge in [-0.3, -0.25) is 9.78 Å². The maximum atomic E-state index is 12.4. The van der Waals surface area contributed by atoms with E-state index in [0.717, 1.165) is 12.0 Å². The topological polar surface area (TPSA) is 72.1 Å². The van der Waals surface area contributed by atoms with Gasteiger partial charge in [0.2, 0.25) is 0 Å². The van der Waals surface area contributed by atoms with Crippen molar-refractivity contribution in [3.05, 3.63) is 66.2 Å². The molecular formula is C18H16N4O2. The Balaban J connectivity index is 1.48. The van der Waals surface area contributed by atoms with Gasteiger partial charge in [-0.15, -0.1) is 0 Å². The zero-order valence-corrected chi connectivity index (χ0v) is 13.0. The van der Waals surface area contributed by atoms with E-state index in [1.54, 1.807) is 23.2 Å². The first-order chi connectivity index (χ1) is 11.8.